The third kappa shape index (κ3) is 4.44. The Hall–Kier alpha value is -3.35. The second kappa shape index (κ2) is 7.90. The van der Waals surface area contributed by atoms with Gasteiger partial charge in [-0.05, 0) is 23.8 Å². The highest BCUT2D eigenvalue weighted by molar-refractivity contribution is 5.96. The summed E-state index contributed by atoms with van der Waals surface area (Å²) in [6.07, 6.45) is 0. The molecule has 0 aliphatic heterocycles. The molecular weight excluding hydrogens is 362 g/mol. The van der Waals surface area contributed by atoms with E-state index < -0.39 is 35.8 Å². The van der Waals surface area contributed by atoms with Crippen LogP contribution in [0.2, 0.25) is 0 Å². The smallest absolute Gasteiger partial charge is 0.262 e. The number of hydrogen-bond acceptors (Lipinski definition) is 2. The molecule has 0 saturated carbocycles. The molecule has 0 fully saturated rings. The van der Waals surface area contributed by atoms with E-state index in [2.05, 4.69) is 5.32 Å². The van der Waals surface area contributed by atoms with Gasteiger partial charge in [-0.1, -0.05) is 30.3 Å². The first-order valence-electron chi connectivity index (χ1n) is 7.86. The van der Waals surface area contributed by atoms with Crippen LogP contribution in [0, 0.1) is 23.3 Å². The molecule has 0 atom stereocenters. The minimum Gasteiger partial charge on any atom is -0.481 e. The molecule has 3 aromatic rings. The minimum atomic E-state index is -0.972. The van der Waals surface area contributed by atoms with E-state index in [-0.39, 0.29) is 17.0 Å². The fourth-order valence-corrected chi connectivity index (χ4v) is 2.46. The number of halogens is 4. The number of rotatable bonds is 5. The molecule has 0 spiro atoms. The maximum Gasteiger partial charge on any atom is 0.262 e. The number of benzene rings is 3. The van der Waals surface area contributed by atoms with Crippen LogP contribution in [0.3, 0.4) is 0 Å². The molecule has 0 heterocycles. The fourth-order valence-electron chi connectivity index (χ4n) is 2.46. The number of amides is 1. The van der Waals surface area contributed by atoms with Crippen LogP contribution in [-0.4, -0.2) is 12.5 Å². The predicted octanol–water partition coefficient (Wildman–Crippen LogP) is 4.93. The molecule has 7 heteroatoms. The number of ether oxygens (including phenoxy) is 1. The zero-order valence-electron chi connectivity index (χ0n) is 13.8. The molecule has 0 unspecified atom stereocenters. The van der Waals surface area contributed by atoms with Crippen molar-refractivity contribution < 1.29 is 27.1 Å². The van der Waals surface area contributed by atoms with Crippen LogP contribution in [0.5, 0.6) is 5.75 Å². The van der Waals surface area contributed by atoms with E-state index in [4.69, 9.17) is 4.74 Å². The Bertz CT molecular complexity index is 977. The third-order valence-corrected chi connectivity index (χ3v) is 3.66. The minimum absolute atomic E-state index is 0.148. The molecule has 1 N–H and O–H groups in total. The normalized spacial score (nSPS) is 10.5. The highest BCUT2D eigenvalue weighted by Crippen LogP contribution is 2.31. The number of nitrogens with one attached hydrogen (secondary N) is 1. The van der Waals surface area contributed by atoms with E-state index in [1.807, 2.05) is 0 Å². The molecule has 0 aliphatic rings. The van der Waals surface area contributed by atoms with Gasteiger partial charge < -0.3 is 10.1 Å². The number of anilines is 1. The fraction of sp³-hybridized carbons (Fsp3) is 0.0500. The van der Waals surface area contributed by atoms with Gasteiger partial charge in [-0.15, -0.1) is 0 Å². The van der Waals surface area contributed by atoms with Crippen molar-refractivity contribution in [3.05, 3.63) is 83.9 Å². The second-order valence-electron chi connectivity index (χ2n) is 5.59. The van der Waals surface area contributed by atoms with Gasteiger partial charge in [-0.3, -0.25) is 4.79 Å². The lowest BCUT2D eigenvalue weighted by molar-refractivity contribution is -0.118. The van der Waals surface area contributed by atoms with E-state index >= 15 is 0 Å². The van der Waals surface area contributed by atoms with E-state index in [9.17, 15) is 22.4 Å². The Balaban J connectivity index is 1.79. The molecule has 0 saturated heterocycles. The van der Waals surface area contributed by atoms with Gasteiger partial charge in [0.25, 0.3) is 5.91 Å². The van der Waals surface area contributed by atoms with Gasteiger partial charge in [-0.25, -0.2) is 17.6 Å². The summed E-state index contributed by atoms with van der Waals surface area (Å²) in [5.41, 5.74) is 0.418. The van der Waals surface area contributed by atoms with Crippen molar-refractivity contribution in [1.82, 2.24) is 0 Å². The Morgan fingerprint density at radius 3 is 2.26 bits per heavy atom. The van der Waals surface area contributed by atoms with E-state index in [0.717, 1.165) is 18.2 Å². The summed E-state index contributed by atoms with van der Waals surface area (Å²) < 4.78 is 59.2. The lowest BCUT2D eigenvalue weighted by Gasteiger charge is -2.13. The van der Waals surface area contributed by atoms with Crippen molar-refractivity contribution in [3.63, 3.8) is 0 Å². The van der Waals surface area contributed by atoms with Gasteiger partial charge in [0.05, 0.1) is 5.69 Å². The number of hydrogen-bond donors (Lipinski definition) is 1. The molecule has 1 amide bonds. The molecule has 3 nitrogen and oxygen atoms in total. The van der Waals surface area contributed by atoms with Crippen LogP contribution in [-0.2, 0) is 4.79 Å². The molecule has 0 aromatic heterocycles. The van der Waals surface area contributed by atoms with Crippen molar-refractivity contribution in [1.29, 1.82) is 0 Å². The van der Waals surface area contributed by atoms with Crippen molar-refractivity contribution in [3.8, 4) is 16.9 Å². The lowest BCUT2D eigenvalue weighted by Crippen LogP contribution is -2.21. The standard InChI is InChI=1S/C20H13F4NO2/c21-13-6-7-18(16(23)9-13)27-11-19(26)25-20-15(8-14(22)10-17(20)24)12-4-2-1-3-5-12/h1-10H,11H2,(H,25,26). The SMILES string of the molecule is O=C(COc1ccc(F)cc1F)Nc1c(F)cc(F)cc1-c1ccccc1. The number of carbonyl (C=O) groups excluding carboxylic acids is 1. The van der Waals surface area contributed by atoms with E-state index in [1.165, 1.54) is 0 Å². The highest BCUT2D eigenvalue weighted by Gasteiger charge is 2.16. The number of carbonyl (C=O) groups is 1. The van der Waals surface area contributed by atoms with Crippen LogP contribution >= 0.6 is 0 Å². The first kappa shape index (κ1) is 18.4. The van der Waals surface area contributed by atoms with Crippen molar-refractivity contribution in [2.75, 3.05) is 11.9 Å². The Morgan fingerprint density at radius 2 is 1.56 bits per heavy atom. The molecular formula is C20H13F4NO2. The zero-order valence-corrected chi connectivity index (χ0v) is 13.8. The summed E-state index contributed by atoms with van der Waals surface area (Å²) in [5, 5.41) is 2.30. The molecule has 3 aromatic carbocycles. The van der Waals surface area contributed by atoms with Crippen LogP contribution in [0.1, 0.15) is 0 Å². The van der Waals surface area contributed by atoms with Gasteiger partial charge in [0.15, 0.2) is 18.2 Å². The first-order chi connectivity index (χ1) is 12.9. The Labute approximate surface area is 152 Å². The third-order valence-electron chi connectivity index (χ3n) is 3.66. The molecule has 0 radical (unpaired) electrons. The summed E-state index contributed by atoms with van der Waals surface area (Å²) in [6.45, 7) is -0.645. The average molecular weight is 375 g/mol. The van der Waals surface area contributed by atoms with Crippen molar-refractivity contribution in [2.24, 2.45) is 0 Å². The van der Waals surface area contributed by atoms with Crippen LogP contribution < -0.4 is 10.1 Å². The largest absolute Gasteiger partial charge is 0.481 e. The summed E-state index contributed by atoms with van der Waals surface area (Å²) >= 11 is 0. The molecule has 3 rings (SSSR count). The molecule has 27 heavy (non-hydrogen) atoms. The first-order valence-corrected chi connectivity index (χ1v) is 7.86. The summed E-state index contributed by atoms with van der Waals surface area (Å²) in [4.78, 5) is 12.1. The summed E-state index contributed by atoms with van der Waals surface area (Å²) in [6, 6.07) is 12.7. The van der Waals surface area contributed by atoms with Crippen LogP contribution in [0.4, 0.5) is 23.2 Å². The predicted molar refractivity (Wildman–Crippen MR) is 92.3 cm³/mol. The van der Waals surface area contributed by atoms with Gasteiger partial charge in [0.1, 0.15) is 17.5 Å². The average Bonchev–Trinajstić information content (AvgIpc) is 2.63. The molecule has 138 valence electrons. The lowest BCUT2D eigenvalue weighted by atomic mass is 10.0. The topological polar surface area (TPSA) is 38.3 Å². The summed E-state index contributed by atoms with van der Waals surface area (Å²) in [5.74, 6) is -4.63. The second-order valence-corrected chi connectivity index (χ2v) is 5.59. The maximum absolute atomic E-state index is 14.2. The zero-order chi connectivity index (χ0) is 19.4. The highest BCUT2D eigenvalue weighted by atomic mass is 19.1. The maximum atomic E-state index is 14.2. The van der Waals surface area contributed by atoms with Gasteiger partial charge in [0, 0.05) is 17.7 Å². The quantitative estimate of drug-likeness (QED) is 0.643. The Morgan fingerprint density at radius 1 is 0.852 bits per heavy atom. The monoisotopic (exact) mass is 375 g/mol. The van der Waals surface area contributed by atoms with E-state index in [1.54, 1.807) is 30.3 Å². The van der Waals surface area contributed by atoms with Gasteiger partial charge in [0.2, 0.25) is 0 Å². The Kier molecular flexibility index (Phi) is 5.40. The molecule has 0 bridgehead atoms. The van der Waals surface area contributed by atoms with Crippen LogP contribution in [0.15, 0.2) is 60.7 Å². The van der Waals surface area contributed by atoms with Crippen LogP contribution in [0.25, 0.3) is 11.1 Å². The summed E-state index contributed by atoms with van der Waals surface area (Å²) in [7, 11) is 0. The van der Waals surface area contributed by atoms with Gasteiger partial charge in [-0.2, -0.15) is 0 Å². The van der Waals surface area contributed by atoms with E-state index in [0.29, 0.717) is 17.7 Å². The van der Waals surface area contributed by atoms with Gasteiger partial charge >= 0.3 is 0 Å². The molecule has 0 aliphatic carbocycles. The van der Waals surface area contributed by atoms with Crippen molar-refractivity contribution in [2.45, 2.75) is 0 Å². The van der Waals surface area contributed by atoms with Crippen molar-refractivity contribution >= 4 is 11.6 Å².